The minimum atomic E-state index is -0.111. The Morgan fingerprint density at radius 1 is 1.39 bits per heavy atom. The summed E-state index contributed by atoms with van der Waals surface area (Å²) in [6, 6.07) is 3.39. The molecule has 2 rings (SSSR count). The smallest absolute Gasteiger partial charge is 0.251 e. The van der Waals surface area contributed by atoms with Gasteiger partial charge in [-0.2, -0.15) is 0 Å². The molecule has 2 heterocycles. The van der Waals surface area contributed by atoms with Crippen molar-refractivity contribution in [2.75, 3.05) is 18.9 Å². The third-order valence-corrected chi connectivity index (χ3v) is 2.48. The summed E-state index contributed by atoms with van der Waals surface area (Å²) in [5.74, 6) is 1.43. The van der Waals surface area contributed by atoms with E-state index in [1.807, 2.05) is 0 Å². The maximum Gasteiger partial charge on any atom is 0.251 e. The van der Waals surface area contributed by atoms with Crippen molar-refractivity contribution in [2.45, 2.75) is 6.42 Å². The molecule has 0 saturated carbocycles. The number of nitrogens with zero attached hydrogens (tertiary/aromatic N) is 2. The van der Waals surface area contributed by atoms with Crippen LogP contribution in [-0.2, 0) is 6.42 Å². The minimum absolute atomic E-state index is 0.111. The van der Waals surface area contributed by atoms with Crippen LogP contribution in [0.2, 0.25) is 0 Å². The lowest BCUT2D eigenvalue weighted by molar-refractivity contribution is 0.0954. The molecule has 2 aromatic rings. The minimum Gasteiger partial charge on any atom is -0.373 e. The molecular weight excluding hydrogens is 230 g/mol. The molecular formula is C12H15N5O. The molecule has 94 valence electrons. The molecule has 0 fully saturated rings. The third-order valence-electron chi connectivity index (χ3n) is 2.48. The van der Waals surface area contributed by atoms with Crippen LogP contribution in [0.15, 0.2) is 30.7 Å². The summed E-state index contributed by atoms with van der Waals surface area (Å²) in [6.07, 6.45) is 5.74. The summed E-state index contributed by atoms with van der Waals surface area (Å²) < 4.78 is 0. The molecule has 0 bridgehead atoms. The molecule has 1 amide bonds. The molecule has 6 nitrogen and oxygen atoms in total. The van der Waals surface area contributed by atoms with E-state index in [1.165, 1.54) is 0 Å². The van der Waals surface area contributed by atoms with Gasteiger partial charge < -0.3 is 15.6 Å². The van der Waals surface area contributed by atoms with Gasteiger partial charge in [-0.3, -0.25) is 4.79 Å². The number of imidazole rings is 1. The van der Waals surface area contributed by atoms with E-state index in [4.69, 9.17) is 0 Å². The van der Waals surface area contributed by atoms with Crippen LogP contribution >= 0.6 is 0 Å². The maximum absolute atomic E-state index is 11.8. The van der Waals surface area contributed by atoms with Gasteiger partial charge in [-0.15, -0.1) is 0 Å². The first-order chi connectivity index (χ1) is 8.79. The highest BCUT2D eigenvalue weighted by Gasteiger charge is 2.06. The Balaban J connectivity index is 1.87. The van der Waals surface area contributed by atoms with Crippen molar-refractivity contribution in [1.29, 1.82) is 0 Å². The molecule has 6 heteroatoms. The Labute approximate surface area is 105 Å². The SMILES string of the molecule is CNc1cc(C(=O)NCCc2ncc[nH]2)ccn1. The summed E-state index contributed by atoms with van der Waals surface area (Å²) in [4.78, 5) is 23.0. The standard InChI is InChI=1S/C12H15N5O/c1-13-11-8-9(2-4-14-11)12(18)17-5-3-10-15-6-7-16-10/h2,4,6-8H,3,5H2,1H3,(H,13,14)(H,15,16)(H,17,18). The lowest BCUT2D eigenvalue weighted by Crippen LogP contribution is -2.26. The topological polar surface area (TPSA) is 82.7 Å². The summed E-state index contributed by atoms with van der Waals surface area (Å²) in [6.45, 7) is 0.545. The molecule has 3 N–H and O–H groups in total. The first-order valence-corrected chi connectivity index (χ1v) is 5.70. The van der Waals surface area contributed by atoms with E-state index in [9.17, 15) is 4.79 Å². The average Bonchev–Trinajstić information content (AvgIpc) is 2.92. The molecule has 0 aliphatic carbocycles. The zero-order chi connectivity index (χ0) is 12.8. The fraction of sp³-hybridized carbons (Fsp3) is 0.250. The van der Waals surface area contributed by atoms with Crippen LogP contribution in [0.1, 0.15) is 16.2 Å². The van der Waals surface area contributed by atoms with E-state index in [-0.39, 0.29) is 5.91 Å². The highest BCUT2D eigenvalue weighted by atomic mass is 16.1. The number of carbonyl (C=O) groups is 1. The van der Waals surface area contributed by atoms with Crippen molar-refractivity contribution in [2.24, 2.45) is 0 Å². The second-order valence-electron chi connectivity index (χ2n) is 3.72. The van der Waals surface area contributed by atoms with E-state index in [0.29, 0.717) is 24.3 Å². The number of rotatable bonds is 5. The van der Waals surface area contributed by atoms with Crippen molar-refractivity contribution in [1.82, 2.24) is 20.3 Å². The number of aromatic amines is 1. The van der Waals surface area contributed by atoms with Gasteiger partial charge in [0, 0.05) is 44.2 Å². The summed E-state index contributed by atoms with van der Waals surface area (Å²) >= 11 is 0. The number of amides is 1. The Morgan fingerprint density at radius 2 is 2.28 bits per heavy atom. The van der Waals surface area contributed by atoms with E-state index in [0.717, 1.165) is 5.82 Å². The predicted molar refractivity (Wildman–Crippen MR) is 68.4 cm³/mol. The quantitative estimate of drug-likeness (QED) is 0.728. The Morgan fingerprint density at radius 3 is 3.00 bits per heavy atom. The molecule has 0 saturated heterocycles. The maximum atomic E-state index is 11.8. The molecule has 2 aromatic heterocycles. The number of hydrogen-bond donors (Lipinski definition) is 3. The van der Waals surface area contributed by atoms with Crippen LogP contribution in [0.25, 0.3) is 0 Å². The number of hydrogen-bond acceptors (Lipinski definition) is 4. The number of H-pyrrole nitrogens is 1. The molecule has 0 aliphatic heterocycles. The fourth-order valence-electron chi connectivity index (χ4n) is 1.54. The van der Waals surface area contributed by atoms with Crippen molar-refractivity contribution in [3.8, 4) is 0 Å². The molecule has 0 unspecified atom stereocenters. The zero-order valence-electron chi connectivity index (χ0n) is 10.1. The van der Waals surface area contributed by atoms with E-state index in [1.54, 1.807) is 37.8 Å². The van der Waals surface area contributed by atoms with Gasteiger partial charge in [-0.25, -0.2) is 9.97 Å². The first-order valence-electron chi connectivity index (χ1n) is 5.70. The number of aromatic nitrogens is 3. The van der Waals surface area contributed by atoms with Gasteiger partial charge in [0.1, 0.15) is 11.6 Å². The van der Waals surface area contributed by atoms with Crippen LogP contribution in [0, 0.1) is 0 Å². The molecule has 0 aromatic carbocycles. The van der Waals surface area contributed by atoms with Gasteiger partial charge >= 0.3 is 0 Å². The summed E-state index contributed by atoms with van der Waals surface area (Å²) in [5, 5.41) is 5.73. The van der Waals surface area contributed by atoms with Crippen molar-refractivity contribution in [3.05, 3.63) is 42.1 Å². The van der Waals surface area contributed by atoms with Gasteiger partial charge in [0.05, 0.1) is 0 Å². The zero-order valence-corrected chi connectivity index (χ0v) is 10.1. The van der Waals surface area contributed by atoms with Gasteiger partial charge in [0.25, 0.3) is 5.91 Å². The van der Waals surface area contributed by atoms with Crippen LogP contribution in [0.3, 0.4) is 0 Å². The highest BCUT2D eigenvalue weighted by Crippen LogP contribution is 2.05. The van der Waals surface area contributed by atoms with Crippen molar-refractivity contribution in [3.63, 3.8) is 0 Å². The number of carbonyl (C=O) groups excluding carboxylic acids is 1. The van der Waals surface area contributed by atoms with E-state index in [2.05, 4.69) is 25.6 Å². The number of nitrogens with one attached hydrogen (secondary N) is 3. The predicted octanol–water partition coefficient (Wildman–Crippen LogP) is 0.819. The lowest BCUT2D eigenvalue weighted by atomic mass is 10.2. The highest BCUT2D eigenvalue weighted by molar-refractivity contribution is 5.94. The molecule has 0 atom stereocenters. The second-order valence-corrected chi connectivity index (χ2v) is 3.72. The van der Waals surface area contributed by atoms with Crippen molar-refractivity contribution >= 4 is 11.7 Å². The van der Waals surface area contributed by atoms with Crippen LogP contribution in [0.4, 0.5) is 5.82 Å². The largest absolute Gasteiger partial charge is 0.373 e. The van der Waals surface area contributed by atoms with E-state index >= 15 is 0 Å². The average molecular weight is 245 g/mol. The monoisotopic (exact) mass is 245 g/mol. The van der Waals surface area contributed by atoms with Gasteiger partial charge in [0.2, 0.25) is 0 Å². The van der Waals surface area contributed by atoms with Crippen LogP contribution in [0.5, 0.6) is 0 Å². The summed E-state index contributed by atoms with van der Waals surface area (Å²) in [5.41, 5.74) is 0.591. The van der Waals surface area contributed by atoms with Crippen LogP contribution < -0.4 is 10.6 Å². The number of pyridine rings is 1. The molecule has 0 aliphatic rings. The lowest BCUT2D eigenvalue weighted by Gasteiger charge is -2.05. The molecule has 18 heavy (non-hydrogen) atoms. The molecule has 0 radical (unpaired) electrons. The Hall–Kier alpha value is -2.37. The second kappa shape index (κ2) is 5.81. The summed E-state index contributed by atoms with van der Waals surface area (Å²) in [7, 11) is 1.76. The van der Waals surface area contributed by atoms with Gasteiger partial charge in [-0.1, -0.05) is 0 Å². The van der Waals surface area contributed by atoms with Crippen LogP contribution in [-0.4, -0.2) is 34.5 Å². The fourth-order valence-corrected chi connectivity index (χ4v) is 1.54. The third kappa shape index (κ3) is 3.07. The Bertz CT molecular complexity index is 509. The first kappa shape index (κ1) is 12.1. The van der Waals surface area contributed by atoms with Gasteiger partial charge in [0.15, 0.2) is 0 Å². The normalized spacial score (nSPS) is 10.1. The molecule has 0 spiro atoms. The van der Waals surface area contributed by atoms with Crippen molar-refractivity contribution < 1.29 is 4.79 Å². The Kier molecular flexibility index (Phi) is 3.90. The van der Waals surface area contributed by atoms with Gasteiger partial charge in [-0.05, 0) is 12.1 Å². The van der Waals surface area contributed by atoms with E-state index < -0.39 is 0 Å². The number of anilines is 1.